The molecule has 8 heteroatoms. The summed E-state index contributed by atoms with van der Waals surface area (Å²) in [6, 6.07) is -0.291. The summed E-state index contributed by atoms with van der Waals surface area (Å²) in [4.78, 5) is 34.6. The van der Waals surface area contributed by atoms with Gasteiger partial charge in [-0.15, -0.1) is 0 Å². The van der Waals surface area contributed by atoms with Gasteiger partial charge >= 0.3 is 18.1 Å². The largest absolute Gasteiger partial charge is 0.481 e. The summed E-state index contributed by atoms with van der Waals surface area (Å²) in [5.74, 6) is -0.831. The molecule has 0 aromatic heterocycles. The number of carbonyl (C=O) groups is 3. The van der Waals surface area contributed by atoms with Gasteiger partial charge in [0.2, 0.25) is 0 Å². The average molecular weight is 273 g/mol. The van der Waals surface area contributed by atoms with Crippen molar-refractivity contribution in [3.63, 3.8) is 0 Å². The van der Waals surface area contributed by atoms with Crippen molar-refractivity contribution in [1.29, 1.82) is 0 Å². The monoisotopic (exact) mass is 273 g/mol. The van der Waals surface area contributed by atoms with E-state index in [2.05, 4.69) is 10.1 Å². The first-order chi connectivity index (χ1) is 8.85. The fourth-order valence-electron chi connectivity index (χ4n) is 1.84. The Morgan fingerprint density at radius 2 is 1.95 bits per heavy atom. The van der Waals surface area contributed by atoms with Crippen molar-refractivity contribution in [3.05, 3.63) is 0 Å². The van der Waals surface area contributed by atoms with E-state index in [1.807, 2.05) is 0 Å². The number of carboxylic acids is 1. The minimum Gasteiger partial charge on any atom is -0.481 e. The molecule has 1 heterocycles. The van der Waals surface area contributed by atoms with Gasteiger partial charge in [0.25, 0.3) is 0 Å². The summed E-state index contributed by atoms with van der Waals surface area (Å²) >= 11 is 0. The predicted octanol–water partition coefficient (Wildman–Crippen LogP) is -0.0220. The third-order valence-corrected chi connectivity index (χ3v) is 3.29. The molecule has 0 radical (unpaired) electrons. The minimum atomic E-state index is -0.885. The molecule has 0 bridgehead atoms. The molecule has 8 nitrogen and oxygen atoms in total. The van der Waals surface area contributed by atoms with Gasteiger partial charge in [-0.05, 0) is 19.8 Å². The molecule has 108 valence electrons. The summed E-state index contributed by atoms with van der Waals surface area (Å²) in [6.07, 6.45) is -0.0365. The molecule has 4 N–H and O–H groups in total. The number of piperidine rings is 1. The zero-order valence-electron chi connectivity index (χ0n) is 10.8. The standard InChI is InChI=1S/C11H19N3O5/c1-11(8(15)16)2-5-14(6-3-11)10(18)13-4-7-19-9(12)17/h2-7H2,1H3,(H2,12,17)(H,13,18)(H,15,16). The van der Waals surface area contributed by atoms with Crippen LogP contribution >= 0.6 is 0 Å². The highest BCUT2D eigenvalue weighted by Gasteiger charge is 2.37. The van der Waals surface area contributed by atoms with E-state index >= 15 is 0 Å². The van der Waals surface area contributed by atoms with Gasteiger partial charge in [0, 0.05) is 13.1 Å². The number of nitrogens with one attached hydrogen (secondary N) is 1. The van der Waals surface area contributed by atoms with Crippen LogP contribution in [0.2, 0.25) is 0 Å². The second-order valence-electron chi connectivity index (χ2n) is 4.75. The number of nitrogens with zero attached hydrogens (tertiary/aromatic N) is 1. The lowest BCUT2D eigenvalue weighted by molar-refractivity contribution is -0.150. The highest BCUT2D eigenvalue weighted by atomic mass is 16.5. The fraction of sp³-hybridized carbons (Fsp3) is 0.727. The van der Waals surface area contributed by atoms with E-state index in [-0.39, 0.29) is 19.2 Å². The number of rotatable bonds is 4. The number of amides is 3. The topological polar surface area (TPSA) is 122 Å². The molecule has 0 saturated carbocycles. The van der Waals surface area contributed by atoms with Crippen LogP contribution in [0.3, 0.4) is 0 Å². The predicted molar refractivity (Wildman–Crippen MR) is 65.5 cm³/mol. The second kappa shape index (κ2) is 6.26. The molecule has 1 fully saturated rings. The quantitative estimate of drug-likeness (QED) is 0.621. The van der Waals surface area contributed by atoms with Crippen LogP contribution in [0.4, 0.5) is 9.59 Å². The lowest BCUT2D eigenvalue weighted by atomic mass is 9.80. The zero-order chi connectivity index (χ0) is 14.5. The molecule has 1 rings (SSSR count). The lowest BCUT2D eigenvalue weighted by Crippen LogP contribution is -2.49. The maximum atomic E-state index is 11.7. The van der Waals surface area contributed by atoms with E-state index < -0.39 is 17.5 Å². The van der Waals surface area contributed by atoms with Crippen LogP contribution in [0.15, 0.2) is 0 Å². The van der Waals surface area contributed by atoms with Gasteiger partial charge in [-0.2, -0.15) is 0 Å². The summed E-state index contributed by atoms with van der Waals surface area (Å²) in [5, 5.41) is 11.6. The lowest BCUT2D eigenvalue weighted by Gasteiger charge is -2.36. The number of ether oxygens (including phenoxy) is 1. The first kappa shape index (κ1) is 15.1. The van der Waals surface area contributed by atoms with E-state index in [0.29, 0.717) is 25.9 Å². The highest BCUT2D eigenvalue weighted by Crippen LogP contribution is 2.30. The molecule has 0 aliphatic carbocycles. The Hall–Kier alpha value is -1.99. The summed E-state index contributed by atoms with van der Waals surface area (Å²) < 4.78 is 4.47. The number of nitrogens with two attached hydrogens (primary N) is 1. The van der Waals surface area contributed by atoms with Gasteiger partial charge in [0.05, 0.1) is 12.0 Å². The second-order valence-corrected chi connectivity index (χ2v) is 4.75. The summed E-state index contributed by atoms with van der Waals surface area (Å²) in [6.45, 7) is 2.66. The number of primary amides is 1. The van der Waals surface area contributed by atoms with Crippen molar-refractivity contribution >= 4 is 18.1 Å². The van der Waals surface area contributed by atoms with Crippen molar-refractivity contribution < 1.29 is 24.2 Å². The first-order valence-corrected chi connectivity index (χ1v) is 6.03. The van der Waals surface area contributed by atoms with E-state index in [4.69, 9.17) is 10.8 Å². The molecule has 0 atom stereocenters. The number of aliphatic carboxylic acids is 1. The maximum absolute atomic E-state index is 11.7. The van der Waals surface area contributed by atoms with E-state index in [1.165, 1.54) is 0 Å². The van der Waals surface area contributed by atoms with Gasteiger partial charge in [-0.25, -0.2) is 9.59 Å². The Morgan fingerprint density at radius 3 is 2.42 bits per heavy atom. The molecule has 0 aromatic rings. The minimum absolute atomic E-state index is 0.0156. The number of carboxylic acid groups (broad SMARTS) is 1. The van der Waals surface area contributed by atoms with E-state index in [1.54, 1.807) is 11.8 Å². The Bertz CT molecular complexity index is 363. The van der Waals surface area contributed by atoms with Crippen LogP contribution in [-0.4, -0.2) is 54.3 Å². The van der Waals surface area contributed by atoms with Gasteiger partial charge in [0.1, 0.15) is 6.61 Å². The van der Waals surface area contributed by atoms with Crippen LogP contribution in [0.5, 0.6) is 0 Å². The molecule has 0 aromatic carbocycles. The normalized spacial score (nSPS) is 17.6. The van der Waals surface area contributed by atoms with Crippen molar-refractivity contribution in [1.82, 2.24) is 10.2 Å². The summed E-state index contributed by atoms with van der Waals surface area (Å²) in [7, 11) is 0. The molecule has 0 spiro atoms. The van der Waals surface area contributed by atoms with Crippen LogP contribution < -0.4 is 11.1 Å². The van der Waals surface area contributed by atoms with Crippen LogP contribution in [0.1, 0.15) is 19.8 Å². The SMILES string of the molecule is CC1(C(=O)O)CCN(C(=O)NCCOC(N)=O)CC1. The molecule has 3 amide bonds. The Labute approximate surface area is 110 Å². The van der Waals surface area contributed by atoms with Crippen molar-refractivity contribution in [2.24, 2.45) is 11.1 Å². The van der Waals surface area contributed by atoms with Crippen molar-refractivity contribution in [2.45, 2.75) is 19.8 Å². The van der Waals surface area contributed by atoms with E-state index in [0.717, 1.165) is 0 Å². The van der Waals surface area contributed by atoms with Crippen LogP contribution in [0.25, 0.3) is 0 Å². The molecule has 19 heavy (non-hydrogen) atoms. The molecule has 1 aliphatic heterocycles. The summed E-state index contributed by atoms with van der Waals surface area (Å²) in [5.41, 5.74) is 4.01. The highest BCUT2D eigenvalue weighted by molar-refractivity contribution is 5.77. The number of hydrogen-bond donors (Lipinski definition) is 3. The fourth-order valence-corrected chi connectivity index (χ4v) is 1.84. The third kappa shape index (κ3) is 4.31. The zero-order valence-corrected chi connectivity index (χ0v) is 10.8. The third-order valence-electron chi connectivity index (χ3n) is 3.29. The van der Waals surface area contributed by atoms with Gasteiger partial charge in [-0.1, -0.05) is 0 Å². The van der Waals surface area contributed by atoms with Gasteiger partial charge < -0.3 is 25.8 Å². The first-order valence-electron chi connectivity index (χ1n) is 6.03. The van der Waals surface area contributed by atoms with Crippen LogP contribution in [0, 0.1) is 5.41 Å². The molecule has 1 aliphatic rings. The number of likely N-dealkylation sites (tertiary alicyclic amines) is 1. The molecule has 0 unspecified atom stereocenters. The number of carbonyl (C=O) groups excluding carboxylic acids is 2. The van der Waals surface area contributed by atoms with Crippen LogP contribution in [-0.2, 0) is 9.53 Å². The maximum Gasteiger partial charge on any atom is 0.404 e. The van der Waals surface area contributed by atoms with E-state index in [9.17, 15) is 14.4 Å². The number of hydrogen-bond acceptors (Lipinski definition) is 4. The Balaban J connectivity index is 2.29. The molecular weight excluding hydrogens is 254 g/mol. The smallest absolute Gasteiger partial charge is 0.404 e. The molecule has 1 saturated heterocycles. The van der Waals surface area contributed by atoms with Crippen molar-refractivity contribution in [2.75, 3.05) is 26.2 Å². The van der Waals surface area contributed by atoms with Gasteiger partial charge in [0.15, 0.2) is 0 Å². The number of urea groups is 1. The Kier molecular flexibility index (Phi) is 4.96. The Morgan fingerprint density at radius 1 is 1.37 bits per heavy atom. The van der Waals surface area contributed by atoms with Crippen molar-refractivity contribution in [3.8, 4) is 0 Å². The average Bonchev–Trinajstić information content (AvgIpc) is 2.35. The van der Waals surface area contributed by atoms with Gasteiger partial charge in [-0.3, -0.25) is 4.79 Å². The molecular formula is C11H19N3O5.